The maximum absolute atomic E-state index is 12.0. The van der Waals surface area contributed by atoms with Crippen molar-refractivity contribution in [2.75, 3.05) is 13.7 Å². The first-order valence-electron chi connectivity index (χ1n) is 6.42. The fourth-order valence-electron chi connectivity index (χ4n) is 1.77. The number of carbonyl (C=O) groups is 1. The van der Waals surface area contributed by atoms with E-state index in [1.165, 1.54) is 0 Å². The van der Waals surface area contributed by atoms with Gasteiger partial charge in [-0.05, 0) is 29.8 Å². The number of amides is 1. The highest BCUT2D eigenvalue weighted by atomic mass is 35.5. The Hall–Kier alpha value is -1.71. The van der Waals surface area contributed by atoms with Gasteiger partial charge in [0.15, 0.2) is 6.61 Å². The molecule has 0 fully saturated rings. The normalized spacial score (nSPS) is 10.2. The van der Waals surface area contributed by atoms with Crippen LogP contribution in [0.2, 0.25) is 10.0 Å². The number of carbonyl (C=O) groups excluding carboxylic acids is 1. The summed E-state index contributed by atoms with van der Waals surface area (Å²) < 4.78 is 5.43. The largest absolute Gasteiger partial charge is 0.484 e. The fraction of sp³-hybridized carbons (Fsp3) is 0.188. The first-order valence-corrected chi connectivity index (χ1v) is 7.17. The number of rotatable bonds is 5. The highest BCUT2D eigenvalue weighted by Crippen LogP contribution is 2.23. The maximum atomic E-state index is 12.0. The molecule has 0 unspecified atom stereocenters. The molecule has 0 bridgehead atoms. The minimum Gasteiger partial charge on any atom is -0.484 e. The predicted octanol–water partition coefficient (Wildman–Crippen LogP) is 4.03. The van der Waals surface area contributed by atoms with Gasteiger partial charge in [-0.2, -0.15) is 0 Å². The van der Waals surface area contributed by atoms with Gasteiger partial charge in [0.25, 0.3) is 5.91 Å². The summed E-state index contributed by atoms with van der Waals surface area (Å²) in [4.78, 5) is 13.6. The van der Waals surface area contributed by atoms with Gasteiger partial charge < -0.3 is 9.64 Å². The van der Waals surface area contributed by atoms with E-state index in [4.69, 9.17) is 27.9 Å². The Bertz CT molecular complexity index is 617. The van der Waals surface area contributed by atoms with Gasteiger partial charge in [0.2, 0.25) is 0 Å². The van der Waals surface area contributed by atoms with Crippen molar-refractivity contribution in [2.45, 2.75) is 6.54 Å². The molecule has 0 aliphatic rings. The standard InChI is InChI=1S/C16H15Cl2NO2/c1-19(10-12-7-8-14(17)15(18)9-12)16(20)11-21-13-5-3-2-4-6-13/h2-9H,10-11H2,1H3. The van der Waals surface area contributed by atoms with Gasteiger partial charge in [0, 0.05) is 13.6 Å². The van der Waals surface area contributed by atoms with Crippen LogP contribution in [-0.2, 0) is 11.3 Å². The Kier molecular flexibility index (Phi) is 5.48. The van der Waals surface area contributed by atoms with Gasteiger partial charge in [-0.3, -0.25) is 4.79 Å². The molecule has 5 heteroatoms. The lowest BCUT2D eigenvalue weighted by molar-refractivity contribution is -0.132. The molecule has 110 valence electrons. The summed E-state index contributed by atoms with van der Waals surface area (Å²) >= 11 is 11.8. The molecule has 0 aromatic heterocycles. The molecule has 0 heterocycles. The molecule has 1 amide bonds. The van der Waals surface area contributed by atoms with Crippen LogP contribution in [0.5, 0.6) is 5.75 Å². The quantitative estimate of drug-likeness (QED) is 0.831. The molecule has 0 atom stereocenters. The van der Waals surface area contributed by atoms with Crippen LogP contribution in [0, 0.1) is 0 Å². The molecule has 0 saturated heterocycles. The van der Waals surface area contributed by atoms with Crippen LogP contribution in [-0.4, -0.2) is 24.5 Å². The van der Waals surface area contributed by atoms with Gasteiger partial charge in [0.05, 0.1) is 10.0 Å². The fourth-order valence-corrected chi connectivity index (χ4v) is 2.09. The molecule has 21 heavy (non-hydrogen) atoms. The zero-order valence-electron chi connectivity index (χ0n) is 11.6. The molecule has 0 aliphatic heterocycles. The maximum Gasteiger partial charge on any atom is 0.260 e. The smallest absolute Gasteiger partial charge is 0.260 e. The molecule has 2 aromatic carbocycles. The Balaban J connectivity index is 1.88. The highest BCUT2D eigenvalue weighted by Gasteiger charge is 2.11. The SMILES string of the molecule is CN(Cc1ccc(Cl)c(Cl)c1)C(=O)COc1ccccc1. The van der Waals surface area contributed by atoms with Crippen molar-refractivity contribution in [1.29, 1.82) is 0 Å². The molecule has 0 N–H and O–H groups in total. The van der Waals surface area contributed by atoms with E-state index in [0.29, 0.717) is 22.3 Å². The van der Waals surface area contributed by atoms with Crippen LogP contribution in [0.4, 0.5) is 0 Å². The van der Waals surface area contributed by atoms with E-state index in [0.717, 1.165) is 5.56 Å². The van der Waals surface area contributed by atoms with Gasteiger partial charge in [-0.25, -0.2) is 0 Å². The Morgan fingerprint density at radius 3 is 2.48 bits per heavy atom. The summed E-state index contributed by atoms with van der Waals surface area (Å²) in [7, 11) is 1.72. The lowest BCUT2D eigenvalue weighted by Gasteiger charge is -2.18. The molecule has 2 aromatic rings. The van der Waals surface area contributed by atoms with Crippen molar-refractivity contribution in [3.8, 4) is 5.75 Å². The summed E-state index contributed by atoms with van der Waals surface area (Å²) in [5.74, 6) is 0.568. The van der Waals surface area contributed by atoms with Gasteiger partial charge in [-0.1, -0.05) is 47.5 Å². The zero-order valence-corrected chi connectivity index (χ0v) is 13.1. The molecular formula is C16H15Cl2NO2. The van der Waals surface area contributed by atoms with E-state index in [1.807, 2.05) is 36.4 Å². The van der Waals surface area contributed by atoms with Gasteiger partial charge in [0.1, 0.15) is 5.75 Å². The van der Waals surface area contributed by atoms with Gasteiger partial charge >= 0.3 is 0 Å². The van der Waals surface area contributed by atoms with Crippen molar-refractivity contribution in [1.82, 2.24) is 4.90 Å². The third-order valence-corrected chi connectivity index (χ3v) is 3.67. The number of likely N-dealkylation sites (N-methyl/N-ethyl adjacent to an activating group) is 1. The van der Waals surface area contributed by atoms with E-state index in [2.05, 4.69) is 0 Å². The summed E-state index contributed by atoms with van der Waals surface area (Å²) in [5, 5.41) is 0.984. The minimum atomic E-state index is -0.107. The van der Waals surface area contributed by atoms with E-state index >= 15 is 0 Å². The monoisotopic (exact) mass is 323 g/mol. The molecular weight excluding hydrogens is 309 g/mol. The predicted molar refractivity (Wildman–Crippen MR) is 84.9 cm³/mol. The van der Waals surface area contributed by atoms with Crippen molar-refractivity contribution >= 4 is 29.1 Å². The Morgan fingerprint density at radius 2 is 1.81 bits per heavy atom. The topological polar surface area (TPSA) is 29.5 Å². The van der Waals surface area contributed by atoms with Crippen LogP contribution >= 0.6 is 23.2 Å². The van der Waals surface area contributed by atoms with Crippen molar-refractivity contribution in [2.24, 2.45) is 0 Å². The number of para-hydroxylation sites is 1. The number of hydrogen-bond donors (Lipinski definition) is 0. The number of hydrogen-bond acceptors (Lipinski definition) is 2. The average Bonchev–Trinajstić information content (AvgIpc) is 2.49. The first-order chi connectivity index (χ1) is 10.1. The third-order valence-electron chi connectivity index (χ3n) is 2.94. The highest BCUT2D eigenvalue weighted by molar-refractivity contribution is 6.42. The summed E-state index contributed by atoms with van der Waals surface area (Å²) in [6, 6.07) is 14.6. The zero-order chi connectivity index (χ0) is 15.2. The summed E-state index contributed by atoms with van der Waals surface area (Å²) in [6.07, 6.45) is 0. The van der Waals surface area contributed by atoms with E-state index < -0.39 is 0 Å². The second-order valence-corrected chi connectivity index (χ2v) is 5.41. The second kappa shape index (κ2) is 7.34. The van der Waals surface area contributed by atoms with Crippen molar-refractivity contribution < 1.29 is 9.53 Å². The number of benzene rings is 2. The van der Waals surface area contributed by atoms with E-state index in [-0.39, 0.29) is 12.5 Å². The molecule has 0 saturated carbocycles. The number of halogens is 2. The van der Waals surface area contributed by atoms with Crippen LogP contribution in [0.15, 0.2) is 48.5 Å². The lowest BCUT2D eigenvalue weighted by Crippen LogP contribution is -2.30. The summed E-state index contributed by atoms with van der Waals surface area (Å²) in [6.45, 7) is 0.454. The first kappa shape index (κ1) is 15.7. The van der Waals surface area contributed by atoms with Crippen LogP contribution in [0.3, 0.4) is 0 Å². The van der Waals surface area contributed by atoms with Crippen LogP contribution in [0.1, 0.15) is 5.56 Å². The molecule has 3 nitrogen and oxygen atoms in total. The number of ether oxygens (including phenoxy) is 1. The Labute approximate surface area is 134 Å². The molecule has 0 radical (unpaired) electrons. The molecule has 2 rings (SSSR count). The van der Waals surface area contributed by atoms with Crippen molar-refractivity contribution in [3.05, 3.63) is 64.1 Å². The summed E-state index contributed by atoms with van der Waals surface area (Å²) in [5.41, 5.74) is 0.917. The van der Waals surface area contributed by atoms with Crippen LogP contribution < -0.4 is 4.74 Å². The lowest BCUT2D eigenvalue weighted by atomic mass is 10.2. The average molecular weight is 324 g/mol. The minimum absolute atomic E-state index is 0.00182. The van der Waals surface area contributed by atoms with Gasteiger partial charge in [-0.15, -0.1) is 0 Å². The Morgan fingerprint density at radius 1 is 1.10 bits per heavy atom. The van der Waals surface area contributed by atoms with E-state index in [1.54, 1.807) is 24.1 Å². The molecule has 0 spiro atoms. The van der Waals surface area contributed by atoms with E-state index in [9.17, 15) is 4.79 Å². The van der Waals surface area contributed by atoms with Crippen LogP contribution in [0.25, 0.3) is 0 Å². The molecule has 0 aliphatic carbocycles. The second-order valence-electron chi connectivity index (χ2n) is 4.60. The van der Waals surface area contributed by atoms with Crippen molar-refractivity contribution in [3.63, 3.8) is 0 Å². The third kappa shape index (κ3) is 4.66. The number of nitrogens with zero attached hydrogens (tertiary/aromatic N) is 1.